The van der Waals surface area contributed by atoms with Gasteiger partial charge >= 0.3 is 0 Å². The molecule has 10 aromatic rings. The number of fused-ring (bicyclic) bond motifs is 5. The number of hydrogen-bond donors (Lipinski definition) is 0. The van der Waals surface area contributed by atoms with Crippen LogP contribution in [0.4, 0.5) is 0 Å². The summed E-state index contributed by atoms with van der Waals surface area (Å²) in [6.07, 6.45) is 0. The van der Waals surface area contributed by atoms with Crippen LogP contribution in [-0.2, 0) is 0 Å². The number of rotatable bonds is 6. The van der Waals surface area contributed by atoms with E-state index in [-0.39, 0.29) is 0 Å². The van der Waals surface area contributed by atoms with Crippen LogP contribution in [0.25, 0.3) is 100 Å². The van der Waals surface area contributed by atoms with E-state index < -0.39 is 0 Å². The van der Waals surface area contributed by atoms with Gasteiger partial charge in [0.05, 0.1) is 0 Å². The highest BCUT2D eigenvalue weighted by Crippen LogP contribution is 2.42. The van der Waals surface area contributed by atoms with Crippen LogP contribution in [0.5, 0.6) is 0 Å². The molecule has 0 N–H and O–H groups in total. The molecule has 8 aromatic carbocycles. The molecule has 0 saturated heterocycles. The molecule has 4 heteroatoms. The summed E-state index contributed by atoms with van der Waals surface area (Å²) >= 11 is 0. The maximum absolute atomic E-state index is 6.73. The molecule has 0 aliphatic rings. The zero-order valence-electron chi connectivity index (χ0n) is 28.6. The average molecular weight is 678 g/mol. The molecule has 0 amide bonds. The fourth-order valence-electron chi connectivity index (χ4n) is 7.26. The lowest BCUT2D eigenvalue weighted by Gasteiger charge is -2.11. The first-order chi connectivity index (χ1) is 26.2. The van der Waals surface area contributed by atoms with Gasteiger partial charge in [0.25, 0.3) is 0 Å². The highest BCUT2D eigenvalue weighted by molar-refractivity contribution is 6.21. The molecule has 2 aromatic heterocycles. The molecule has 0 fully saturated rings. The van der Waals surface area contributed by atoms with Gasteiger partial charge in [0.15, 0.2) is 17.5 Å². The zero-order chi connectivity index (χ0) is 35.1. The van der Waals surface area contributed by atoms with Gasteiger partial charge in [-0.05, 0) is 56.8 Å². The minimum Gasteiger partial charge on any atom is -0.455 e. The summed E-state index contributed by atoms with van der Waals surface area (Å²) in [5.74, 6) is 1.83. The van der Waals surface area contributed by atoms with Gasteiger partial charge in [-0.3, -0.25) is 0 Å². The Morgan fingerprint density at radius 2 is 0.774 bits per heavy atom. The van der Waals surface area contributed by atoms with Crippen LogP contribution in [0, 0.1) is 0 Å². The predicted octanol–water partition coefficient (Wildman–Crippen LogP) is 12.9. The Hall–Kier alpha value is -7.17. The van der Waals surface area contributed by atoms with Crippen LogP contribution in [0.2, 0.25) is 0 Å². The topological polar surface area (TPSA) is 51.8 Å². The van der Waals surface area contributed by atoms with Gasteiger partial charge in [0.2, 0.25) is 0 Å². The van der Waals surface area contributed by atoms with E-state index in [1.807, 2.05) is 42.5 Å². The van der Waals surface area contributed by atoms with Crippen molar-refractivity contribution in [3.63, 3.8) is 0 Å². The zero-order valence-corrected chi connectivity index (χ0v) is 28.6. The van der Waals surface area contributed by atoms with Gasteiger partial charge in [-0.15, -0.1) is 0 Å². The summed E-state index contributed by atoms with van der Waals surface area (Å²) in [6.45, 7) is 0. The molecule has 53 heavy (non-hydrogen) atoms. The Kier molecular flexibility index (Phi) is 7.43. The van der Waals surface area contributed by atoms with Crippen LogP contribution >= 0.6 is 0 Å². The number of nitrogens with zero attached hydrogens (tertiary/aromatic N) is 3. The molecule has 0 spiro atoms. The van der Waals surface area contributed by atoms with E-state index in [0.717, 1.165) is 77.2 Å². The van der Waals surface area contributed by atoms with Crippen LogP contribution in [-0.4, -0.2) is 15.0 Å². The molecule has 248 valence electrons. The Bertz CT molecular complexity index is 2900. The maximum atomic E-state index is 6.73. The largest absolute Gasteiger partial charge is 0.455 e. The monoisotopic (exact) mass is 677 g/mol. The van der Waals surface area contributed by atoms with Crippen molar-refractivity contribution < 1.29 is 4.42 Å². The van der Waals surface area contributed by atoms with Crippen LogP contribution in [0.15, 0.2) is 192 Å². The molecule has 0 aliphatic heterocycles. The number of furan rings is 1. The first kappa shape index (κ1) is 30.6. The van der Waals surface area contributed by atoms with E-state index in [4.69, 9.17) is 19.4 Å². The van der Waals surface area contributed by atoms with Gasteiger partial charge in [0, 0.05) is 33.0 Å². The fraction of sp³-hybridized carbons (Fsp3) is 0. The first-order valence-electron chi connectivity index (χ1n) is 17.8. The maximum Gasteiger partial charge on any atom is 0.164 e. The lowest BCUT2D eigenvalue weighted by Crippen LogP contribution is -2.00. The lowest BCUT2D eigenvalue weighted by molar-refractivity contribution is 0.670. The minimum atomic E-state index is 0.597. The highest BCUT2D eigenvalue weighted by atomic mass is 16.3. The molecule has 0 bridgehead atoms. The van der Waals surface area contributed by atoms with Crippen molar-refractivity contribution in [1.82, 2.24) is 15.0 Å². The second-order valence-corrected chi connectivity index (χ2v) is 13.2. The van der Waals surface area contributed by atoms with E-state index in [1.54, 1.807) is 0 Å². The summed E-state index contributed by atoms with van der Waals surface area (Å²) in [6, 6.07) is 65.1. The Labute approximate surface area is 306 Å². The van der Waals surface area contributed by atoms with Crippen LogP contribution in [0.1, 0.15) is 0 Å². The van der Waals surface area contributed by atoms with E-state index in [9.17, 15) is 0 Å². The highest BCUT2D eigenvalue weighted by Gasteiger charge is 2.20. The van der Waals surface area contributed by atoms with Gasteiger partial charge in [0.1, 0.15) is 11.2 Å². The SMILES string of the molecule is c1ccc(-c2ccc(-c3nc(-c4ccccc4)nc(-c4cc(-c5ccc(-c6ccccc6)cc5)c5oc6ccc7ccccc7c6c5c4)n3)cc2)cc1. The summed E-state index contributed by atoms with van der Waals surface area (Å²) in [5, 5.41) is 4.41. The normalized spacial score (nSPS) is 11.4. The Balaban J connectivity index is 1.19. The third-order valence-corrected chi connectivity index (χ3v) is 9.94. The molecule has 0 atom stereocenters. The van der Waals surface area contributed by atoms with Crippen LogP contribution < -0.4 is 0 Å². The van der Waals surface area contributed by atoms with Gasteiger partial charge in [-0.2, -0.15) is 0 Å². The summed E-state index contributed by atoms with van der Waals surface area (Å²) in [5.41, 5.74) is 11.1. The number of hydrogen-bond acceptors (Lipinski definition) is 4. The molecule has 10 rings (SSSR count). The van der Waals surface area contributed by atoms with Crippen molar-refractivity contribution in [2.75, 3.05) is 0 Å². The van der Waals surface area contributed by atoms with E-state index in [1.165, 1.54) is 5.56 Å². The standard InChI is InChI=1S/C49H31N3O/c1-4-12-32(13-5-1)34-20-24-37(25-21-34)42-30-40(31-43-45-41-19-11-10-16-36(41)28-29-44(45)53-46(42)43)49-51-47(38-17-8-3-9-18-38)50-48(52-49)39-26-22-35(23-27-39)33-14-6-2-7-15-33/h1-31H. The molecule has 0 saturated carbocycles. The molecule has 2 heterocycles. The average Bonchev–Trinajstić information content (AvgIpc) is 3.64. The number of aromatic nitrogens is 3. The second kappa shape index (κ2) is 12.9. The first-order valence-corrected chi connectivity index (χ1v) is 17.8. The minimum absolute atomic E-state index is 0.597. The molecular formula is C49H31N3O. The Morgan fingerprint density at radius 1 is 0.321 bits per heavy atom. The van der Waals surface area contributed by atoms with Gasteiger partial charge < -0.3 is 4.42 Å². The third-order valence-electron chi connectivity index (χ3n) is 9.94. The quantitative estimate of drug-likeness (QED) is 0.176. The Morgan fingerprint density at radius 3 is 1.38 bits per heavy atom. The number of benzene rings is 8. The second-order valence-electron chi connectivity index (χ2n) is 13.2. The van der Waals surface area contributed by atoms with E-state index >= 15 is 0 Å². The van der Waals surface area contributed by atoms with Gasteiger partial charge in [-0.25, -0.2) is 15.0 Å². The summed E-state index contributed by atoms with van der Waals surface area (Å²) < 4.78 is 6.73. The smallest absolute Gasteiger partial charge is 0.164 e. The van der Waals surface area contributed by atoms with Crippen LogP contribution in [0.3, 0.4) is 0 Å². The van der Waals surface area contributed by atoms with Crippen molar-refractivity contribution >= 4 is 32.7 Å². The fourth-order valence-corrected chi connectivity index (χ4v) is 7.26. The van der Waals surface area contributed by atoms with Gasteiger partial charge in [-0.1, -0.05) is 170 Å². The molecule has 0 radical (unpaired) electrons. The molecule has 4 nitrogen and oxygen atoms in total. The molecule has 0 unspecified atom stereocenters. The van der Waals surface area contributed by atoms with Crippen molar-refractivity contribution in [2.45, 2.75) is 0 Å². The molecule has 0 aliphatic carbocycles. The van der Waals surface area contributed by atoms with E-state index in [2.05, 4.69) is 146 Å². The van der Waals surface area contributed by atoms with E-state index in [0.29, 0.717) is 17.5 Å². The van der Waals surface area contributed by atoms with Crippen molar-refractivity contribution in [3.05, 3.63) is 188 Å². The lowest BCUT2D eigenvalue weighted by atomic mass is 9.95. The third kappa shape index (κ3) is 5.63. The summed E-state index contributed by atoms with van der Waals surface area (Å²) in [4.78, 5) is 15.3. The molecular weight excluding hydrogens is 647 g/mol. The van der Waals surface area contributed by atoms with Crippen molar-refractivity contribution in [3.8, 4) is 67.5 Å². The van der Waals surface area contributed by atoms with Crippen molar-refractivity contribution in [1.29, 1.82) is 0 Å². The summed E-state index contributed by atoms with van der Waals surface area (Å²) in [7, 11) is 0. The van der Waals surface area contributed by atoms with Crippen molar-refractivity contribution in [2.24, 2.45) is 0 Å². The predicted molar refractivity (Wildman–Crippen MR) is 217 cm³/mol.